The highest BCUT2D eigenvalue weighted by Crippen LogP contribution is 2.34. The SMILES string of the molecule is CNc1nc(C(C)c2ccc(-c3ccc(C(=O)O)cc3)c(F)c2)c(C(=O)O)s1. The van der Waals surface area contributed by atoms with Crippen LogP contribution in [0.1, 0.15) is 44.1 Å². The fourth-order valence-corrected chi connectivity index (χ4v) is 3.72. The van der Waals surface area contributed by atoms with Gasteiger partial charge in [-0.15, -0.1) is 0 Å². The van der Waals surface area contributed by atoms with Crippen molar-refractivity contribution in [2.24, 2.45) is 0 Å². The fourth-order valence-electron chi connectivity index (χ4n) is 2.87. The molecule has 1 atom stereocenters. The molecule has 3 aromatic rings. The summed E-state index contributed by atoms with van der Waals surface area (Å²) in [7, 11) is 1.66. The zero-order chi connectivity index (χ0) is 20.4. The predicted octanol–water partition coefficient (Wildman–Crippen LogP) is 4.54. The molecule has 3 rings (SSSR count). The molecule has 0 bridgehead atoms. The summed E-state index contributed by atoms with van der Waals surface area (Å²) in [5.74, 6) is -3.01. The Morgan fingerprint density at radius 3 is 2.32 bits per heavy atom. The van der Waals surface area contributed by atoms with Gasteiger partial charge in [-0.25, -0.2) is 19.0 Å². The minimum absolute atomic E-state index is 0.116. The van der Waals surface area contributed by atoms with Crippen molar-refractivity contribution in [1.82, 2.24) is 4.98 Å². The van der Waals surface area contributed by atoms with E-state index in [-0.39, 0.29) is 10.4 Å². The van der Waals surface area contributed by atoms with Gasteiger partial charge in [-0.05, 0) is 29.3 Å². The molecular weight excluding hydrogens is 383 g/mol. The van der Waals surface area contributed by atoms with Crippen LogP contribution < -0.4 is 5.32 Å². The lowest BCUT2D eigenvalue weighted by Gasteiger charge is -2.13. The molecule has 0 saturated carbocycles. The first-order valence-corrected chi connectivity index (χ1v) is 9.18. The standard InChI is InChI=1S/C20H17FN2O4S/c1-10(16-17(19(26)27)28-20(22-2)23-16)13-7-8-14(15(21)9-13)11-3-5-12(6-4-11)18(24)25/h3-10H,1-2H3,(H,22,23)(H,24,25)(H,26,27). The Hall–Kier alpha value is -3.26. The van der Waals surface area contributed by atoms with Crippen LogP contribution in [0.5, 0.6) is 0 Å². The molecule has 1 unspecified atom stereocenters. The van der Waals surface area contributed by atoms with Crippen molar-refractivity contribution in [2.45, 2.75) is 12.8 Å². The number of aromatic carboxylic acids is 2. The quantitative estimate of drug-likeness (QED) is 0.562. The molecule has 0 aliphatic rings. The van der Waals surface area contributed by atoms with Gasteiger partial charge in [0.1, 0.15) is 10.7 Å². The number of rotatable bonds is 6. The monoisotopic (exact) mass is 400 g/mol. The molecule has 0 aliphatic carbocycles. The molecule has 1 aromatic heterocycles. The third-order valence-corrected chi connectivity index (χ3v) is 5.48. The average Bonchev–Trinajstić information content (AvgIpc) is 3.12. The van der Waals surface area contributed by atoms with E-state index in [9.17, 15) is 19.1 Å². The summed E-state index contributed by atoms with van der Waals surface area (Å²) in [4.78, 5) is 26.9. The van der Waals surface area contributed by atoms with E-state index in [1.54, 1.807) is 38.2 Å². The first-order chi connectivity index (χ1) is 13.3. The van der Waals surface area contributed by atoms with E-state index in [4.69, 9.17) is 5.11 Å². The summed E-state index contributed by atoms with van der Waals surface area (Å²) in [6.07, 6.45) is 0. The minimum atomic E-state index is -1.07. The average molecular weight is 400 g/mol. The molecule has 0 spiro atoms. The van der Waals surface area contributed by atoms with E-state index in [0.717, 1.165) is 11.3 Å². The Morgan fingerprint density at radius 2 is 1.79 bits per heavy atom. The molecule has 0 saturated heterocycles. The summed E-state index contributed by atoms with van der Waals surface area (Å²) < 4.78 is 14.7. The first kappa shape index (κ1) is 19.5. The van der Waals surface area contributed by atoms with Crippen LogP contribution in [0.15, 0.2) is 42.5 Å². The number of carbonyl (C=O) groups is 2. The number of halogens is 1. The highest BCUT2D eigenvalue weighted by atomic mass is 32.1. The van der Waals surface area contributed by atoms with Crippen molar-refractivity contribution >= 4 is 28.4 Å². The molecule has 0 fully saturated rings. The Morgan fingerprint density at radius 1 is 1.11 bits per heavy atom. The van der Waals surface area contributed by atoms with Crippen molar-refractivity contribution < 1.29 is 24.2 Å². The summed E-state index contributed by atoms with van der Waals surface area (Å²) in [5.41, 5.74) is 1.98. The van der Waals surface area contributed by atoms with E-state index >= 15 is 0 Å². The molecule has 0 radical (unpaired) electrons. The van der Waals surface area contributed by atoms with Crippen LogP contribution in [-0.2, 0) is 0 Å². The van der Waals surface area contributed by atoms with E-state index in [1.165, 1.54) is 18.2 Å². The topological polar surface area (TPSA) is 99.5 Å². The summed E-state index contributed by atoms with van der Waals surface area (Å²) in [6, 6.07) is 10.6. The normalized spacial score (nSPS) is 11.8. The van der Waals surface area contributed by atoms with Crippen LogP contribution in [0.2, 0.25) is 0 Å². The van der Waals surface area contributed by atoms with Crippen molar-refractivity contribution in [2.75, 3.05) is 12.4 Å². The molecule has 8 heteroatoms. The Labute approximate surface area is 164 Å². The molecule has 0 amide bonds. The van der Waals surface area contributed by atoms with Gasteiger partial charge >= 0.3 is 11.9 Å². The van der Waals surface area contributed by atoms with Gasteiger partial charge in [0.2, 0.25) is 0 Å². The van der Waals surface area contributed by atoms with Gasteiger partial charge in [-0.1, -0.05) is 42.5 Å². The van der Waals surface area contributed by atoms with Gasteiger partial charge in [0.15, 0.2) is 5.13 Å². The maximum Gasteiger partial charge on any atom is 0.347 e. The number of thiazole rings is 1. The Bertz CT molecular complexity index is 1050. The van der Waals surface area contributed by atoms with Gasteiger partial charge < -0.3 is 15.5 Å². The van der Waals surface area contributed by atoms with E-state index in [1.807, 2.05) is 0 Å². The maximum absolute atomic E-state index is 14.7. The molecule has 2 aromatic carbocycles. The van der Waals surface area contributed by atoms with Crippen molar-refractivity contribution in [3.05, 3.63) is 70.0 Å². The van der Waals surface area contributed by atoms with Crippen LogP contribution >= 0.6 is 11.3 Å². The van der Waals surface area contributed by atoms with E-state index in [2.05, 4.69) is 10.3 Å². The predicted molar refractivity (Wildman–Crippen MR) is 105 cm³/mol. The fraction of sp³-hybridized carbons (Fsp3) is 0.150. The Kier molecular flexibility index (Phi) is 5.41. The zero-order valence-electron chi connectivity index (χ0n) is 15.1. The first-order valence-electron chi connectivity index (χ1n) is 8.36. The summed E-state index contributed by atoms with van der Waals surface area (Å²) >= 11 is 1.03. The van der Waals surface area contributed by atoms with Crippen molar-refractivity contribution in [3.8, 4) is 11.1 Å². The van der Waals surface area contributed by atoms with Crippen LogP contribution in [0.25, 0.3) is 11.1 Å². The minimum Gasteiger partial charge on any atom is -0.478 e. The molecule has 1 heterocycles. The number of benzene rings is 2. The number of nitrogens with zero attached hydrogens (tertiary/aromatic N) is 1. The second-order valence-corrected chi connectivity index (χ2v) is 7.13. The maximum atomic E-state index is 14.7. The van der Waals surface area contributed by atoms with Crippen LogP contribution in [-0.4, -0.2) is 34.2 Å². The number of anilines is 1. The number of carboxylic acid groups (broad SMARTS) is 2. The largest absolute Gasteiger partial charge is 0.478 e. The lowest BCUT2D eigenvalue weighted by atomic mass is 9.94. The number of aromatic nitrogens is 1. The van der Waals surface area contributed by atoms with Gasteiger partial charge in [-0.2, -0.15) is 0 Å². The van der Waals surface area contributed by atoms with Crippen LogP contribution in [0, 0.1) is 5.82 Å². The number of carboxylic acids is 2. The molecular formula is C20H17FN2O4S. The second kappa shape index (κ2) is 7.77. The Balaban J connectivity index is 1.95. The third kappa shape index (κ3) is 3.72. The van der Waals surface area contributed by atoms with Crippen LogP contribution in [0.4, 0.5) is 9.52 Å². The van der Waals surface area contributed by atoms with Gasteiger partial charge in [0, 0.05) is 18.5 Å². The summed E-state index contributed by atoms with van der Waals surface area (Å²) in [5, 5.41) is 21.7. The third-order valence-electron chi connectivity index (χ3n) is 4.41. The number of nitrogens with one attached hydrogen (secondary N) is 1. The van der Waals surface area contributed by atoms with E-state index < -0.39 is 23.7 Å². The lowest BCUT2D eigenvalue weighted by molar-refractivity contribution is 0.0687. The smallest absolute Gasteiger partial charge is 0.347 e. The van der Waals surface area contributed by atoms with Gasteiger partial charge in [0.25, 0.3) is 0 Å². The molecule has 0 aliphatic heterocycles. The molecule has 3 N–H and O–H groups in total. The van der Waals surface area contributed by atoms with Crippen LogP contribution in [0.3, 0.4) is 0 Å². The summed E-state index contributed by atoms with van der Waals surface area (Å²) in [6.45, 7) is 1.77. The second-order valence-electron chi connectivity index (χ2n) is 6.13. The zero-order valence-corrected chi connectivity index (χ0v) is 15.9. The van der Waals surface area contributed by atoms with E-state index in [0.29, 0.717) is 27.5 Å². The lowest BCUT2D eigenvalue weighted by Crippen LogP contribution is -2.05. The molecule has 28 heavy (non-hydrogen) atoms. The molecule has 6 nitrogen and oxygen atoms in total. The van der Waals surface area contributed by atoms with Gasteiger partial charge in [-0.3, -0.25) is 0 Å². The van der Waals surface area contributed by atoms with Crippen molar-refractivity contribution in [1.29, 1.82) is 0 Å². The highest BCUT2D eigenvalue weighted by molar-refractivity contribution is 7.17. The highest BCUT2D eigenvalue weighted by Gasteiger charge is 2.23. The van der Waals surface area contributed by atoms with Crippen molar-refractivity contribution in [3.63, 3.8) is 0 Å². The number of hydrogen-bond donors (Lipinski definition) is 3. The number of hydrogen-bond acceptors (Lipinski definition) is 5. The molecule has 144 valence electrons. The van der Waals surface area contributed by atoms with Gasteiger partial charge in [0.05, 0.1) is 11.3 Å².